The van der Waals surface area contributed by atoms with Crippen LogP contribution in [-0.4, -0.2) is 196 Å². The molecular formula is C63H104N14O10S4. The number of aliphatic carboxylic acids is 1. The summed E-state index contributed by atoms with van der Waals surface area (Å²) in [6, 6.07) is -0.352. The number of nitrogens with zero attached hydrogens (tertiary/aromatic N) is 9. The normalized spacial score (nSPS) is 17.5. The van der Waals surface area contributed by atoms with Crippen molar-refractivity contribution in [3.8, 4) is 0 Å². The Morgan fingerprint density at radius 3 is 1.20 bits per heavy atom. The third-order valence-corrected chi connectivity index (χ3v) is 20.2. The molecule has 0 bridgehead atoms. The number of nitrogens with one attached hydrogen (secondary N) is 4. The molecule has 24 nitrogen and oxygen atoms in total. The van der Waals surface area contributed by atoms with Gasteiger partial charge in [-0.3, -0.25) is 25.5 Å². The van der Waals surface area contributed by atoms with Crippen LogP contribution >= 0.6 is 45.3 Å². The van der Waals surface area contributed by atoms with Crippen LogP contribution in [0.4, 0.5) is 39.7 Å². The zero-order chi connectivity index (χ0) is 67.3. The largest absolute Gasteiger partial charge is 0.481 e. The first-order valence-corrected chi connectivity index (χ1v) is 35.0. The van der Waals surface area contributed by atoms with Crippen molar-refractivity contribution in [2.24, 2.45) is 11.8 Å². The van der Waals surface area contributed by atoms with Crippen LogP contribution in [0, 0.1) is 11.8 Å². The summed E-state index contributed by atoms with van der Waals surface area (Å²) < 4.78 is 15.8. The number of amides is 8. The number of carbonyl (C=O) groups excluding carboxylic acids is 5. The van der Waals surface area contributed by atoms with Crippen LogP contribution < -0.4 is 27.0 Å². The van der Waals surface area contributed by atoms with Crippen molar-refractivity contribution in [2.75, 3.05) is 127 Å². The molecular weight excluding hydrogens is 1240 g/mol. The summed E-state index contributed by atoms with van der Waals surface area (Å²) in [5, 5.41) is 23.0. The number of nitrogens with two attached hydrogens (primary N) is 1. The van der Waals surface area contributed by atoms with E-state index in [1.54, 1.807) is 37.4 Å². The number of aromatic nitrogens is 4. The van der Waals surface area contributed by atoms with Gasteiger partial charge >= 0.3 is 30.2 Å². The van der Waals surface area contributed by atoms with Crippen molar-refractivity contribution in [2.45, 2.75) is 176 Å². The molecule has 0 aromatic carbocycles. The number of carboxylic acid groups (broad SMARTS) is 1. The average molecular weight is 1350 g/mol. The van der Waals surface area contributed by atoms with Crippen LogP contribution in [-0.2, 0) is 45.5 Å². The van der Waals surface area contributed by atoms with E-state index in [2.05, 4.69) is 124 Å². The van der Waals surface area contributed by atoms with Gasteiger partial charge in [-0.1, -0.05) is 83.1 Å². The standard InChI is InChI=1S/C19H30N4O3S.C18H30N4O3S.C13H22N4OS.C7H12N2S.C6H10O3/c1-19(2,3)15-13-20-17(27-15)21-18(25)23-8-4-7-22(9-10-23)16(24)14-5-11-26-12-6-14;1-17(2,3)13-12-19-14(26-13)20-15(23)21-8-7-9-22(11-10-21)16(24)25-18(4,5)6;1-13(2,3)10-9-15-11(19-10)16-12(18)17-7-4-5-14-6-8-17;1-7(2,3)5-4-9-6(8)10-5;7-6(8)5-1-3-9-4-2-5/h13-14H,4-12H2,1-3H3,(H,20,21,25);12H,7-11H2,1-6H3,(H,19,20,23);9,14H,4-8H2,1-3H3,(H,15,16,18);4H,1-3H3,(H2,8,9);5H,1-4H2,(H,7,8). The first-order valence-electron chi connectivity index (χ1n) is 31.7. The summed E-state index contributed by atoms with van der Waals surface area (Å²) in [6.45, 7) is 41.8. The summed E-state index contributed by atoms with van der Waals surface area (Å²) >= 11 is 6.12. The van der Waals surface area contributed by atoms with Crippen LogP contribution in [0.3, 0.4) is 0 Å². The lowest BCUT2D eigenvalue weighted by atomic mass is 9.96. The molecule has 28 heteroatoms. The number of urea groups is 3. The number of hydrogen-bond donors (Lipinski definition) is 6. The second kappa shape index (κ2) is 34.9. The highest BCUT2D eigenvalue weighted by Crippen LogP contribution is 2.33. The topological polar surface area (TPSA) is 292 Å². The third-order valence-electron chi connectivity index (χ3n) is 14.9. The number of anilines is 4. The molecule has 5 aliphatic rings. The molecule has 0 radical (unpaired) electrons. The maximum atomic E-state index is 12.7. The zero-order valence-electron chi connectivity index (χ0n) is 56.6. The Kier molecular flexibility index (Phi) is 29.1. The molecule has 4 aromatic heterocycles. The van der Waals surface area contributed by atoms with Crippen molar-refractivity contribution in [1.29, 1.82) is 0 Å². The Hall–Kier alpha value is -5.78. The summed E-state index contributed by atoms with van der Waals surface area (Å²) in [7, 11) is 0. The van der Waals surface area contributed by atoms with E-state index in [1.165, 1.54) is 32.4 Å². The van der Waals surface area contributed by atoms with Gasteiger partial charge in [0, 0.05) is 149 Å². The highest BCUT2D eigenvalue weighted by Gasteiger charge is 2.31. The molecule has 510 valence electrons. The van der Waals surface area contributed by atoms with Gasteiger partial charge in [-0.25, -0.2) is 39.1 Å². The van der Waals surface area contributed by atoms with Crippen LogP contribution in [0.2, 0.25) is 0 Å². The third kappa shape index (κ3) is 26.6. The van der Waals surface area contributed by atoms with Gasteiger partial charge in [-0.2, -0.15) is 0 Å². The average Bonchev–Trinajstić information content (AvgIpc) is 2.07. The quantitative estimate of drug-likeness (QED) is 0.108. The molecule has 7 N–H and O–H groups in total. The van der Waals surface area contributed by atoms with Gasteiger partial charge in [0.05, 0.1) is 5.92 Å². The fraction of sp³-hybridized carbons (Fsp3) is 0.714. The van der Waals surface area contributed by atoms with Crippen molar-refractivity contribution in [1.82, 2.24) is 49.8 Å². The van der Waals surface area contributed by atoms with E-state index in [9.17, 15) is 28.8 Å². The summed E-state index contributed by atoms with van der Waals surface area (Å²) in [6.07, 6.45) is 12.5. The lowest BCUT2D eigenvalue weighted by Gasteiger charge is -2.28. The fourth-order valence-corrected chi connectivity index (χ4v) is 12.7. The second-order valence-electron chi connectivity index (χ2n) is 28.1. The van der Waals surface area contributed by atoms with Gasteiger partial charge in [0.2, 0.25) is 5.91 Å². The predicted molar refractivity (Wildman–Crippen MR) is 365 cm³/mol. The van der Waals surface area contributed by atoms with Crippen LogP contribution in [0.15, 0.2) is 24.8 Å². The van der Waals surface area contributed by atoms with Gasteiger partial charge in [0.25, 0.3) is 0 Å². The van der Waals surface area contributed by atoms with Crippen molar-refractivity contribution < 1.29 is 48.1 Å². The molecule has 5 aliphatic heterocycles. The number of carboxylic acids is 1. The first-order chi connectivity index (χ1) is 42.6. The number of nitrogen functional groups attached to an aromatic ring is 1. The van der Waals surface area contributed by atoms with Crippen LogP contribution in [0.5, 0.6) is 0 Å². The molecule has 0 aliphatic carbocycles. The molecule has 5 fully saturated rings. The Bertz CT molecular complexity index is 2910. The van der Waals surface area contributed by atoms with Gasteiger partial charge in [0.1, 0.15) is 5.60 Å². The van der Waals surface area contributed by atoms with Gasteiger partial charge in [0.15, 0.2) is 20.5 Å². The number of rotatable bonds is 5. The van der Waals surface area contributed by atoms with E-state index in [-0.39, 0.29) is 63.6 Å². The van der Waals surface area contributed by atoms with E-state index in [4.69, 9.17) is 25.1 Å². The molecule has 9 heterocycles. The Balaban J connectivity index is 0.000000218. The molecule has 4 aromatic rings. The van der Waals surface area contributed by atoms with Crippen molar-refractivity contribution in [3.63, 3.8) is 0 Å². The summed E-state index contributed by atoms with van der Waals surface area (Å²) in [5.41, 5.74) is 5.26. The molecule has 5 saturated heterocycles. The SMILES string of the molecule is CC(C)(C)OC(=O)N1CCCN(C(=O)Nc2ncc(C(C)(C)C)s2)CC1.CC(C)(C)c1cnc(N)s1.CC(C)(C)c1cnc(NC(=O)N2CCCN(C(=O)C3CCOCC3)CC2)s1.CC(C)(C)c1cnc(NC(=O)N2CCCNCC2)s1.O=C(O)C1CCOCC1. The molecule has 8 amide bonds. The summed E-state index contributed by atoms with van der Waals surface area (Å²) in [4.78, 5) is 103. The highest BCUT2D eigenvalue weighted by atomic mass is 32.1. The summed E-state index contributed by atoms with van der Waals surface area (Å²) in [5.74, 6) is -0.544. The molecule has 0 atom stereocenters. The van der Waals surface area contributed by atoms with Gasteiger partial charge in [-0.15, -0.1) is 45.3 Å². The van der Waals surface area contributed by atoms with Crippen molar-refractivity contribution in [3.05, 3.63) is 44.3 Å². The number of thiazole rings is 4. The zero-order valence-corrected chi connectivity index (χ0v) is 59.9. The minimum absolute atomic E-state index is 0.0111. The Morgan fingerprint density at radius 1 is 0.484 bits per heavy atom. The molecule has 0 spiro atoms. The van der Waals surface area contributed by atoms with E-state index < -0.39 is 11.6 Å². The number of carbonyl (C=O) groups is 6. The van der Waals surface area contributed by atoms with E-state index in [0.717, 1.165) is 68.0 Å². The Labute approximate surface area is 555 Å². The fourth-order valence-electron chi connectivity index (χ4n) is 9.35. The van der Waals surface area contributed by atoms with E-state index in [0.29, 0.717) is 112 Å². The van der Waals surface area contributed by atoms with Crippen LogP contribution in [0.1, 0.15) is 168 Å². The molecule has 9 rings (SSSR count). The predicted octanol–water partition coefficient (Wildman–Crippen LogP) is 11.6. The maximum Gasteiger partial charge on any atom is 0.410 e. The molecule has 0 unspecified atom stereocenters. The van der Waals surface area contributed by atoms with Gasteiger partial charge in [-0.05, 0) is 93.9 Å². The first kappa shape index (κ1) is 75.9. The van der Waals surface area contributed by atoms with E-state index >= 15 is 0 Å². The van der Waals surface area contributed by atoms with Gasteiger partial charge < -0.3 is 54.9 Å². The Morgan fingerprint density at radius 2 is 0.835 bits per heavy atom. The highest BCUT2D eigenvalue weighted by molar-refractivity contribution is 7.16. The minimum Gasteiger partial charge on any atom is -0.481 e. The second-order valence-corrected chi connectivity index (χ2v) is 32.3. The monoisotopic (exact) mass is 1340 g/mol. The smallest absolute Gasteiger partial charge is 0.410 e. The minimum atomic E-state index is -0.682. The van der Waals surface area contributed by atoms with E-state index in [1.807, 2.05) is 55.4 Å². The molecule has 91 heavy (non-hydrogen) atoms. The molecule has 0 saturated carbocycles. The maximum absolute atomic E-state index is 12.7. The number of ether oxygens (including phenoxy) is 3. The number of hydrogen-bond acceptors (Lipinski definition) is 19. The van der Waals surface area contributed by atoms with Crippen LogP contribution in [0.25, 0.3) is 0 Å². The van der Waals surface area contributed by atoms with Crippen molar-refractivity contribution >= 4 is 102 Å². The lowest BCUT2D eigenvalue weighted by molar-refractivity contribution is -0.144. The lowest BCUT2D eigenvalue weighted by Crippen LogP contribution is -2.42.